The number of carbonyl (C=O) groups is 1. The first kappa shape index (κ1) is 33.6. The summed E-state index contributed by atoms with van der Waals surface area (Å²) >= 11 is 0. The molecule has 0 radical (unpaired) electrons. The van der Waals surface area contributed by atoms with Crippen LogP contribution >= 0.6 is 0 Å². The van der Waals surface area contributed by atoms with Crippen LogP contribution in [-0.4, -0.2) is 61.8 Å². The van der Waals surface area contributed by atoms with Crippen molar-refractivity contribution >= 4 is 21.4 Å². The number of hydrogen-bond acceptors (Lipinski definition) is 8. The van der Waals surface area contributed by atoms with E-state index in [-0.39, 0.29) is 35.3 Å². The second-order valence-electron chi connectivity index (χ2n) is 11.4. The first-order valence-electron chi connectivity index (χ1n) is 15.1. The van der Waals surface area contributed by atoms with Gasteiger partial charge < -0.3 is 20.1 Å². The van der Waals surface area contributed by atoms with Crippen LogP contribution in [0.2, 0.25) is 0 Å². The fourth-order valence-electron chi connectivity index (χ4n) is 5.86. The van der Waals surface area contributed by atoms with E-state index in [9.17, 15) is 27.3 Å². The van der Waals surface area contributed by atoms with Gasteiger partial charge in [-0.15, -0.1) is 0 Å². The minimum atomic E-state index is -3.44. The molecule has 0 spiro atoms. The van der Waals surface area contributed by atoms with E-state index in [0.29, 0.717) is 35.5 Å². The molecular formula is C34H35F2N5O5S. The summed E-state index contributed by atoms with van der Waals surface area (Å²) in [6.45, 7) is 0.617. The van der Waals surface area contributed by atoms with Crippen LogP contribution < -0.4 is 15.4 Å². The van der Waals surface area contributed by atoms with Gasteiger partial charge in [-0.25, -0.2) is 13.1 Å². The topological polar surface area (TPSA) is 141 Å². The van der Waals surface area contributed by atoms with Gasteiger partial charge in [-0.3, -0.25) is 4.79 Å². The highest BCUT2D eigenvalue weighted by Crippen LogP contribution is 2.36. The third-order valence-electron chi connectivity index (χ3n) is 8.23. The van der Waals surface area contributed by atoms with Crippen molar-refractivity contribution in [2.45, 2.75) is 56.3 Å². The Morgan fingerprint density at radius 2 is 1.81 bits per heavy atom. The lowest BCUT2D eigenvalue weighted by Gasteiger charge is -2.28. The van der Waals surface area contributed by atoms with Gasteiger partial charge in [0.2, 0.25) is 5.91 Å². The minimum Gasteiger partial charge on any atom is -0.489 e. The molecular weight excluding hydrogens is 628 g/mol. The number of nitrogens with zero attached hydrogens (tertiary/aromatic N) is 4. The molecule has 4 aromatic rings. The van der Waals surface area contributed by atoms with Crippen molar-refractivity contribution in [3.8, 4) is 17.5 Å². The number of nitriles is 1. The van der Waals surface area contributed by atoms with Gasteiger partial charge in [0.05, 0.1) is 47.8 Å². The van der Waals surface area contributed by atoms with Crippen molar-refractivity contribution in [3.63, 3.8) is 0 Å². The maximum Gasteiger partial charge on any atom is 0.345 e. The van der Waals surface area contributed by atoms with Crippen LogP contribution in [0.4, 0.5) is 14.5 Å². The van der Waals surface area contributed by atoms with Gasteiger partial charge in [0, 0.05) is 36.2 Å². The van der Waals surface area contributed by atoms with Crippen LogP contribution in [0.5, 0.6) is 5.75 Å². The average molecular weight is 664 g/mol. The third-order valence-corrected chi connectivity index (χ3v) is 9.98. The molecule has 10 nitrogen and oxygen atoms in total. The molecule has 13 heteroatoms. The first-order valence-corrected chi connectivity index (χ1v) is 16.7. The van der Waals surface area contributed by atoms with Gasteiger partial charge in [-0.05, 0) is 78.2 Å². The standard InChI is InChI=1S/C34H35F2N5O5S/c1-3-47(43,44)29-11-4-23(5-12-29)30(14-15-37)32-17-25(8-13-31(32)33(38)42)40-20-28(16-26(40)21-45-34(35)36)46-27-9-6-24(7-10-27)41-19-22(2)18-39-41/h4-13,17-19,26,28,30,34H,3,14,16,20-21H2,1-2H3,(H2,38,42)/t26-,28-,30-/m0/s1. The Bertz CT molecular complexity index is 1860. The first-order chi connectivity index (χ1) is 22.5. The molecule has 3 atom stereocenters. The Hall–Kier alpha value is -4.80. The van der Waals surface area contributed by atoms with E-state index < -0.39 is 34.3 Å². The van der Waals surface area contributed by atoms with Crippen LogP contribution in [0, 0.1) is 18.3 Å². The molecule has 0 saturated carbocycles. The average Bonchev–Trinajstić information content (AvgIpc) is 3.68. The molecule has 1 aliphatic rings. The number of aromatic nitrogens is 2. The van der Waals surface area contributed by atoms with Crippen molar-refractivity contribution < 1.29 is 31.5 Å². The molecule has 246 valence electrons. The highest BCUT2D eigenvalue weighted by atomic mass is 32.2. The lowest BCUT2D eigenvalue weighted by molar-refractivity contribution is -0.131. The number of nitrogens with two attached hydrogens (primary N) is 1. The molecule has 2 N–H and O–H groups in total. The van der Waals surface area contributed by atoms with E-state index in [0.717, 1.165) is 11.3 Å². The molecule has 1 aromatic heterocycles. The zero-order valence-electron chi connectivity index (χ0n) is 25.9. The number of alkyl halides is 2. The maximum absolute atomic E-state index is 13.2. The van der Waals surface area contributed by atoms with E-state index in [1.165, 1.54) is 12.1 Å². The van der Waals surface area contributed by atoms with E-state index >= 15 is 0 Å². The smallest absolute Gasteiger partial charge is 0.345 e. The van der Waals surface area contributed by atoms with E-state index in [1.54, 1.807) is 48.1 Å². The number of rotatable bonds is 13. The van der Waals surface area contributed by atoms with Crippen molar-refractivity contribution in [2.75, 3.05) is 23.8 Å². The Labute approximate surface area is 272 Å². The molecule has 1 aliphatic heterocycles. The molecule has 0 unspecified atom stereocenters. The summed E-state index contributed by atoms with van der Waals surface area (Å²) in [7, 11) is -3.44. The molecule has 3 aromatic carbocycles. The fourth-order valence-corrected chi connectivity index (χ4v) is 6.74. The number of halogens is 2. The highest BCUT2D eigenvalue weighted by molar-refractivity contribution is 7.91. The molecule has 47 heavy (non-hydrogen) atoms. The number of sulfone groups is 1. The molecule has 5 rings (SSSR count). The number of hydrogen-bond donors (Lipinski definition) is 1. The number of anilines is 1. The van der Waals surface area contributed by atoms with Crippen LogP contribution in [0.15, 0.2) is 84.0 Å². The lowest BCUT2D eigenvalue weighted by Crippen LogP contribution is -2.34. The van der Waals surface area contributed by atoms with Crippen molar-refractivity contribution in [1.82, 2.24) is 9.78 Å². The Morgan fingerprint density at radius 3 is 2.40 bits per heavy atom. The Morgan fingerprint density at radius 1 is 1.11 bits per heavy atom. The summed E-state index contributed by atoms with van der Waals surface area (Å²) in [5.74, 6) is -0.780. The maximum atomic E-state index is 13.2. The van der Waals surface area contributed by atoms with Crippen molar-refractivity contribution in [1.29, 1.82) is 5.26 Å². The molecule has 1 amide bonds. The largest absolute Gasteiger partial charge is 0.489 e. The number of amides is 1. The van der Waals surface area contributed by atoms with Gasteiger partial charge in [0.25, 0.3) is 0 Å². The van der Waals surface area contributed by atoms with Gasteiger partial charge in [-0.1, -0.05) is 19.1 Å². The van der Waals surface area contributed by atoms with Crippen molar-refractivity contribution in [2.24, 2.45) is 5.73 Å². The molecule has 1 saturated heterocycles. The monoisotopic (exact) mass is 663 g/mol. The zero-order valence-corrected chi connectivity index (χ0v) is 26.7. The van der Waals surface area contributed by atoms with Crippen LogP contribution in [0.25, 0.3) is 5.69 Å². The fraction of sp³-hybridized carbons (Fsp3) is 0.324. The lowest BCUT2D eigenvalue weighted by atomic mass is 9.85. The van der Waals surface area contributed by atoms with E-state index in [1.807, 2.05) is 42.3 Å². The Balaban J connectivity index is 1.44. The quantitative estimate of drug-likeness (QED) is 0.201. The predicted octanol–water partition coefficient (Wildman–Crippen LogP) is 5.38. The normalized spacial score (nSPS) is 17.1. The summed E-state index contributed by atoms with van der Waals surface area (Å²) < 4.78 is 63.8. The minimum absolute atomic E-state index is 0.0264. The molecule has 2 heterocycles. The number of carbonyl (C=O) groups excluding carboxylic acids is 1. The number of primary amides is 1. The summed E-state index contributed by atoms with van der Waals surface area (Å²) in [6.07, 6.45) is 3.65. The van der Waals surface area contributed by atoms with Crippen LogP contribution in [0.3, 0.4) is 0 Å². The van der Waals surface area contributed by atoms with Crippen LogP contribution in [-0.2, 0) is 14.6 Å². The Kier molecular flexibility index (Phi) is 10.2. The summed E-state index contributed by atoms with van der Waals surface area (Å²) in [5.41, 5.74) is 9.52. The highest BCUT2D eigenvalue weighted by Gasteiger charge is 2.35. The third kappa shape index (κ3) is 7.78. The molecule has 0 aliphatic carbocycles. The zero-order chi connectivity index (χ0) is 33.7. The van der Waals surface area contributed by atoms with Gasteiger partial charge >= 0.3 is 6.61 Å². The number of benzene rings is 3. The van der Waals surface area contributed by atoms with Crippen LogP contribution in [0.1, 0.15) is 52.7 Å². The van der Waals surface area contributed by atoms with E-state index in [4.69, 9.17) is 15.2 Å². The van der Waals surface area contributed by atoms with Gasteiger partial charge in [-0.2, -0.15) is 19.1 Å². The summed E-state index contributed by atoms with van der Waals surface area (Å²) in [6, 6.07) is 20.3. The predicted molar refractivity (Wildman–Crippen MR) is 172 cm³/mol. The number of ether oxygens (including phenoxy) is 2. The van der Waals surface area contributed by atoms with Crippen molar-refractivity contribution in [3.05, 3.63) is 101 Å². The summed E-state index contributed by atoms with van der Waals surface area (Å²) in [4.78, 5) is 14.6. The second-order valence-corrected chi connectivity index (χ2v) is 13.6. The number of aryl methyl sites for hydroxylation is 1. The van der Waals surface area contributed by atoms with Gasteiger partial charge in [0.15, 0.2) is 9.84 Å². The SMILES string of the molecule is CCS(=O)(=O)c1ccc([C@H](CC#N)c2cc(N3C[C@@H](Oc4ccc(-n5cc(C)cn5)cc4)C[C@H]3COC(F)F)ccc2C(N)=O)cc1. The van der Waals surface area contributed by atoms with Gasteiger partial charge in [0.1, 0.15) is 11.9 Å². The molecule has 0 bridgehead atoms. The van der Waals surface area contributed by atoms with E-state index in [2.05, 4.69) is 11.2 Å². The summed E-state index contributed by atoms with van der Waals surface area (Å²) in [5, 5.41) is 14.0. The second kappa shape index (κ2) is 14.3. The molecule has 1 fully saturated rings.